The van der Waals surface area contributed by atoms with Crippen molar-refractivity contribution in [3.8, 4) is 0 Å². The number of hydrogen-bond donors (Lipinski definition) is 0. The van der Waals surface area contributed by atoms with Crippen LogP contribution < -0.4 is 0 Å². The second-order valence-electron chi connectivity index (χ2n) is 5.00. The summed E-state index contributed by atoms with van der Waals surface area (Å²) in [6.45, 7) is 3.62. The summed E-state index contributed by atoms with van der Waals surface area (Å²) in [5, 5.41) is 0. The van der Waals surface area contributed by atoms with Gasteiger partial charge < -0.3 is 4.74 Å². The van der Waals surface area contributed by atoms with Gasteiger partial charge in [0.15, 0.2) is 0 Å². The average molecular weight is 240 g/mol. The van der Waals surface area contributed by atoms with E-state index in [1.165, 1.54) is 39.0 Å². The van der Waals surface area contributed by atoms with Crippen molar-refractivity contribution in [1.82, 2.24) is 0 Å². The van der Waals surface area contributed by atoms with Crippen LogP contribution in [0.4, 0.5) is 0 Å². The van der Waals surface area contributed by atoms with Crippen LogP contribution in [0.1, 0.15) is 58.8 Å². The van der Waals surface area contributed by atoms with E-state index >= 15 is 0 Å². The number of esters is 1. The van der Waals surface area contributed by atoms with Gasteiger partial charge in [-0.2, -0.15) is 0 Å². The van der Waals surface area contributed by atoms with Crippen molar-refractivity contribution in [1.29, 1.82) is 0 Å². The highest BCUT2D eigenvalue weighted by Crippen LogP contribution is 2.29. The molecule has 0 unspecified atom stereocenters. The van der Waals surface area contributed by atoms with Gasteiger partial charge in [-0.25, -0.2) is 0 Å². The Labute approximate surface area is 104 Å². The zero-order chi connectivity index (χ0) is 12.7. The molecule has 0 spiro atoms. The molecular weight excluding hydrogens is 216 g/mol. The zero-order valence-electron chi connectivity index (χ0n) is 11.0. The van der Waals surface area contributed by atoms with E-state index in [-0.39, 0.29) is 11.8 Å². The molecule has 0 bridgehead atoms. The molecule has 0 aromatic heterocycles. The van der Waals surface area contributed by atoms with Crippen molar-refractivity contribution < 1.29 is 14.3 Å². The first-order valence-corrected chi connectivity index (χ1v) is 6.82. The highest BCUT2D eigenvalue weighted by atomic mass is 16.5. The topological polar surface area (TPSA) is 43.4 Å². The fourth-order valence-corrected chi connectivity index (χ4v) is 2.61. The molecular formula is C14H24O3. The lowest BCUT2D eigenvalue weighted by Crippen LogP contribution is -2.25. The van der Waals surface area contributed by atoms with E-state index in [1.54, 1.807) is 6.92 Å². The first-order chi connectivity index (χ1) is 8.15. The van der Waals surface area contributed by atoms with Crippen LogP contribution >= 0.6 is 0 Å². The monoisotopic (exact) mass is 240 g/mol. The largest absolute Gasteiger partial charge is 0.465 e. The lowest BCUT2D eigenvalue weighted by atomic mass is 9.83. The van der Waals surface area contributed by atoms with Crippen molar-refractivity contribution in [2.24, 2.45) is 11.8 Å². The maximum absolute atomic E-state index is 11.6. The van der Waals surface area contributed by atoms with Crippen LogP contribution in [0.25, 0.3) is 0 Å². The molecule has 0 aromatic carbocycles. The van der Waals surface area contributed by atoms with Crippen LogP contribution in [0.2, 0.25) is 0 Å². The SMILES string of the molecule is CCOC(=O)[C@@H](CCC1CCCCC1)C(C)=O. The molecule has 0 saturated heterocycles. The Hall–Kier alpha value is -0.860. The van der Waals surface area contributed by atoms with E-state index in [9.17, 15) is 9.59 Å². The fourth-order valence-electron chi connectivity index (χ4n) is 2.61. The molecule has 0 heterocycles. The van der Waals surface area contributed by atoms with Gasteiger partial charge in [0.2, 0.25) is 0 Å². The molecule has 1 atom stereocenters. The van der Waals surface area contributed by atoms with Gasteiger partial charge in [-0.15, -0.1) is 0 Å². The zero-order valence-corrected chi connectivity index (χ0v) is 11.0. The number of rotatable bonds is 6. The van der Waals surface area contributed by atoms with Crippen LogP contribution in [0, 0.1) is 11.8 Å². The molecule has 3 heteroatoms. The molecule has 0 amide bonds. The number of hydrogen-bond acceptors (Lipinski definition) is 3. The normalized spacial score (nSPS) is 18.7. The molecule has 1 rings (SSSR count). The Bertz CT molecular complexity index is 254. The summed E-state index contributed by atoms with van der Waals surface area (Å²) >= 11 is 0. The highest BCUT2D eigenvalue weighted by molar-refractivity contribution is 5.97. The van der Waals surface area contributed by atoms with Crippen molar-refractivity contribution in [2.45, 2.75) is 58.8 Å². The van der Waals surface area contributed by atoms with Gasteiger partial charge in [0, 0.05) is 0 Å². The van der Waals surface area contributed by atoms with E-state index in [1.807, 2.05) is 0 Å². The molecule has 1 aliphatic rings. The molecule has 1 saturated carbocycles. The third-order valence-corrected chi connectivity index (χ3v) is 3.65. The maximum Gasteiger partial charge on any atom is 0.316 e. The highest BCUT2D eigenvalue weighted by Gasteiger charge is 2.26. The maximum atomic E-state index is 11.6. The third kappa shape index (κ3) is 4.88. The van der Waals surface area contributed by atoms with Gasteiger partial charge in [0.05, 0.1) is 6.61 Å². The van der Waals surface area contributed by atoms with Gasteiger partial charge in [-0.05, 0) is 32.6 Å². The second kappa shape index (κ2) is 7.46. The third-order valence-electron chi connectivity index (χ3n) is 3.65. The summed E-state index contributed by atoms with van der Waals surface area (Å²) in [7, 11) is 0. The first kappa shape index (κ1) is 14.2. The Kier molecular flexibility index (Phi) is 6.23. The lowest BCUT2D eigenvalue weighted by molar-refractivity contribution is -0.151. The predicted molar refractivity (Wildman–Crippen MR) is 66.6 cm³/mol. The van der Waals surface area contributed by atoms with Gasteiger partial charge in [0.25, 0.3) is 0 Å². The minimum Gasteiger partial charge on any atom is -0.465 e. The summed E-state index contributed by atoms with van der Waals surface area (Å²) in [5.74, 6) is -0.216. The molecule has 0 aliphatic heterocycles. The smallest absolute Gasteiger partial charge is 0.316 e. The van der Waals surface area contributed by atoms with Crippen LogP contribution in [-0.4, -0.2) is 18.4 Å². The molecule has 98 valence electrons. The Morgan fingerprint density at radius 3 is 2.41 bits per heavy atom. The predicted octanol–water partition coefficient (Wildman–Crippen LogP) is 3.12. The van der Waals surface area contributed by atoms with Crippen LogP contribution in [0.15, 0.2) is 0 Å². The number of Topliss-reactive ketones (excluding diaryl/α,β-unsaturated/α-hetero) is 1. The van der Waals surface area contributed by atoms with Gasteiger partial charge >= 0.3 is 5.97 Å². The van der Waals surface area contributed by atoms with E-state index < -0.39 is 5.92 Å². The van der Waals surface area contributed by atoms with Crippen molar-refractivity contribution in [3.63, 3.8) is 0 Å². The molecule has 3 nitrogen and oxygen atoms in total. The molecule has 0 aromatic rings. The van der Waals surface area contributed by atoms with Crippen molar-refractivity contribution in [2.75, 3.05) is 6.61 Å². The number of ketones is 1. The first-order valence-electron chi connectivity index (χ1n) is 6.82. The quantitative estimate of drug-likeness (QED) is 0.529. The Balaban J connectivity index is 2.38. The van der Waals surface area contributed by atoms with E-state index in [0.29, 0.717) is 18.9 Å². The fraction of sp³-hybridized carbons (Fsp3) is 0.857. The summed E-state index contributed by atoms with van der Waals surface area (Å²) in [4.78, 5) is 23.0. The van der Waals surface area contributed by atoms with E-state index in [2.05, 4.69) is 0 Å². The second-order valence-corrected chi connectivity index (χ2v) is 5.00. The van der Waals surface area contributed by atoms with Crippen LogP contribution in [0.5, 0.6) is 0 Å². The van der Waals surface area contributed by atoms with Crippen LogP contribution in [0.3, 0.4) is 0 Å². The minimum absolute atomic E-state index is 0.0562. The van der Waals surface area contributed by atoms with Gasteiger partial charge in [-0.3, -0.25) is 9.59 Å². The molecule has 0 N–H and O–H groups in total. The van der Waals surface area contributed by atoms with Gasteiger partial charge in [0.1, 0.15) is 11.7 Å². The molecule has 1 aliphatic carbocycles. The standard InChI is InChI=1S/C14H24O3/c1-3-17-14(16)13(11(2)15)10-9-12-7-5-4-6-8-12/h12-13H,3-10H2,1-2H3/t13-/m0/s1. The summed E-state index contributed by atoms with van der Waals surface area (Å²) < 4.78 is 4.95. The average Bonchev–Trinajstić information content (AvgIpc) is 2.30. The van der Waals surface area contributed by atoms with Crippen LogP contribution in [-0.2, 0) is 14.3 Å². The van der Waals surface area contributed by atoms with Crippen molar-refractivity contribution >= 4 is 11.8 Å². The Morgan fingerprint density at radius 2 is 1.88 bits per heavy atom. The summed E-state index contributed by atoms with van der Waals surface area (Å²) in [5.41, 5.74) is 0. The summed E-state index contributed by atoms with van der Waals surface area (Å²) in [6.07, 6.45) is 8.11. The molecule has 0 radical (unpaired) electrons. The molecule has 1 fully saturated rings. The minimum atomic E-state index is -0.531. The molecule has 17 heavy (non-hydrogen) atoms. The van der Waals surface area contributed by atoms with Crippen molar-refractivity contribution in [3.05, 3.63) is 0 Å². The van der Waals surface area contributed by atoms with Gasteiger partial charge in [-0.1, -0.05) is 32.1 Å². The Morgan fingerprint density at radius 1 is 1.24 bits per heavy atom. The van der Waals surface area contributed by atoms with E-state index in [4.69, 9.17) is 4.74 Å². The van der Waals surface area contributed by atoms with E-state index in [0.717, 1.165) is 6.42 Å². The summed E-state index contributed by atoms with van der Waals surface area (Å²) in [6, 6.07) is 0. The lowest BCUT2D eigenvalue weighted by Gasteiger charge is -2.22. The number of ether oxygens (including phenoxy) is 1. The number of carbonyl (C=O) groups excluding carboxylic acids is 2. The number of carbonyl (C=O) groups is 2.